The van der Waals surface area contributed by atoms with Crippen LogP contribution in [0.5, 0.6) is 0 Å². The largest absolute Gasteiger partial charge is 0.330 e. The van der Waals surface area contributed by atoms with Crippen molar-refractivity contribution in [1.82, 2.24) is 8.61 Å². The fourth-order valence-corrected chi connectivity index (χ4v) is 4.97. The molecule has 5 nitrogen and oxygen atoms in total. The van der Waals surface area contributed by atoms with E-state index in [4.69, 9.17) is 5.73 Å². The predicted molar refractivity (Wildman–Crippen MR) is 82.8 cm³/mol. The molecule has 116 valence electrons. The molecule has 3 rings (SSSR count). The van der Waals surface area contributed by atoms with E-state index in [0.29, 0.717) is 38.6 Å². The highest BCUT2D eigenvalue weighted by Gasteiger charge is 2.34. The van der Waals surface area contributed by atoms with E-state index < -0.39 is 10.2 Å². The van der Waals surface area contributed by atoms with Crippen LogP contribution in [-0.4, -0.2) is 43.2 Å². The normalized spacial score (nSPS) is 24.7. The van der Waals surface area contributed by atoms with Crippen LogP contribution in [0.25, 0.3) is 0 Å². The lowest BCUT2D eigenvalue weighted by atomic mass is 10.0. The zero-order valence-corrected chi connectivity index (χ0v) is 13.1. The molecule has 2 heterocycles. The molecule has 0 aromatic heterocycles. The van der Waals surface area contributed by atoms with Crippen molar-refractivity contribution in [1.29, 1.82) is 0 Å². The molecule has 1 atom stereocenters. The first-order valence-electron chi connectivity index (χ1n) is 7.63. The molecule has 1 unspecified atom stereocenters. The van der Waals surface area contributed by atoms with Gasteiger partial charge in [0.1, 0.15) is 0 Å². The highest BCUT2D eigenvalue weighted by Crippen LogP contribution is 2.25. The smallest absolute Gasteiger partial charge is 0.282 e. The second kappa shape index (κ2) is 6.04. The number of nitrogens with zero attached hydrogens (tertiary/aromatic N) is 2. The Bertz CT molecular complexity index is 603. The average Bonchev–Trinajstić information content (AvgIpc) is 2.54. The van der Waals surface area contributed by atoms with Gasteiger partial charge < -0.3 is 5.73 Å². The van der Waals surface area contributed by atoms with Crippen LogP contribution in [0, 0.1) is 5.92 Å². The molecule has 0 spiro atoms. The van der Waals surface area contributed by atoms with Crippen molar-refractivity contribution in [3.63, 3.8) is 0 Å². The molecule has 2 aliphatic rings. The third kappa shape index (κ3) is 2.99. The summed E-state index contributed by atoms with van der Waals surface area (Å²) >= 11 is 0. The molecular weight excluding hydrogens is 286 g/mol. The Morgan fingerprint density at radius 2 is 1.90 bits per heavy atom. The summed E-state index contributed by atoms with van der Waals surface area (Å²) in [6, 6.07) is 8.10. The van der Waals surface area contributed by atoms with Crippen molar-refractivity contribution in [3.8, 4) is 0 Å². The van der Waals surface area contributed by atoms with Crippen molar-refractivity contribution in [2.75, 3.05) is 26.2 Å². The Kier molecular flexibility index (Phi) is 4.31. The minimum Gasteiger partial charge on any atom is -0.330 e. The van der Waals surface area contributed by atoms with Gasteiger partial charge in [-0.05, 0) is 42.9 Å². The molecule has 2 aliphatic heterocycles. The van der Waals surface area contributed by atoms with E-state index in [1.165, 1.54) is 5.56 Å². The summed E-state index contributed by atoms with van der Waals surface area (Å²) in [6.07, 6.45) is 2.74. The monoisotopic (exact) mass is 309 g/mol. The van der Waals surface area contributed by atoms with Crippen molar-refractivity contribution in [3.05, 3.63) is 35.4 Å². The van der Waals surface area contributed by atoms with Crippen LogP contribution in [0.1, 0.15) is 24.0 Å². The molecule has 1 saturated heterocycles. The third-order valence-electron chi connectivity index (χ3n) is 4.56. The van der Waals surface area contributed by atoms with E-state index in [2.05, 4.69) is 6.07 Å². The van der Waals surface area contributed by atoms with Gasteiger partial charge in [-0.1, -0.05) is 24.3 Å². The van der Waals surface area contributed by atoms with Gasteiger partial charge in [0.2, 0.25) is 0 Å². The van der Waals surface area contributed by atoms with Gasteiger partial charge >= 0.3 is 0 Å². The summed E-state index contributed by atoms with van der Waals surface area (Å²) in [5.41, 5.74) is 8.11. The van der Waals surface area contributed by atoms with Gasteiger partial charge in [0, 0.05) is 26.2 Å². The molecular formula is C15H23N3O2S. The first kappa shape index (κ1) is 15.0. The highest BCUT2D eigenvalue weighted by atomic mass is 32.2. The standard InChI is InChI=1S/C15H23N3O2S/c16-10-13-4-3-8-17(11-13)21(19,20)18-9-7-14-5-1-2-6-15(14)12-18/h1-2,5-6,13H,3-4,7-12,16H2. The summed E-state index contributed by atoms with van der Waals surface area (Å²) < 4.78 is 28.9. The number of hydrogen-bond acceptors (Lipinski definition) is 3. The molecule has 0 bridgehead atoms. The fraction of sp³-hybridized carbons (Fsp3) is 0.600. The van der Waals surface area contributed by atoms with E-state index in [-0.39, 0.29) is 0 Å². The predicted octanol–water partition coefficient (Wildman–Crippen LogP) is 0.960. The van der Waals surface area contributed by atoms with Crippen molar-refractivity contribution in [2.24, 2.45) is 11.7 Å². The highest BCUT2D eigenvalue weighted by molar-refractivity contribution is 7.86. The summed E-state index contributed by atoms with van der Waals surface area (Å²) in [5, 5.41) is 0. The molecule has 1 fully saturated rings. The van der Waals surface area contributed by atoms with Crippen LogP contribution < -0.4 is 5.73 Å². The van der Waals surface area contributed by atoms with Crippen molar-refractivity contribution < 1.29 is 8.42 Å². The van der Waals surface area contributed by atoms with E-state index in [0.717, 1.165) is 24.8 Å². The van der Waals surface area contributed by atoms with Crippen LogP contribution >= 0.6 is 0 Å². The van der Waals surface area contributed by atoms with Crippen molar-refractivity contribution in [2.45, 2.75) is 25.8 Å². The number of nitrogens with two attached hydrogens (primary N) is 1. The summed E-state index contributed by atoms with van der Waals surface area (Å²) in [7, 11) is -3.36. The van der Waals surface area contributed by atoms with Crippen LogP contribution in [0.15, 0.2) is 24.3 Å². The molecule has 2 N–H and O–H groups in total. The van der Waals surface area contributed by atoms with E-state index in [1.807, 2.05) is 18.2 Å². The van der Waals surface area contributed by atoms with Gasteiger partial charge in [0.25, 0.3) is 10.2 Å². The lowest BCUT2D eigenvalue weighted by Crippen LogP contribution is -2.50. The van der Waals surface area contributed by atoms with Gasteiger partial charge in [-0.3, -0.25) is 0 Å². The molecule has 1 aromatic rings. The Hall–Kier alpha value is -0.950. The lowest BCUT2D eigenvalue weighted by Gasteiger charge is -2.37. The minimum absolute atomic E-state index is 0.297. The Morgan fingerprint density at radius 1 is 1.14 bits per heavy atom. The molecule has 0 saturated carbocycles. The Balaban J connectivity index is 1.77. The van der Waals surface area contributed by atoms with Gasteiger partial charge in [0.15, 0.2) is 0 Å². The zero-order chi connectivity index (χ0) is 14.9. The average molecular weight is 309 g/mol. The number of fused-ring (bicyclic) bond motifs is 1. The molecule has 6 heteroatoms. The zero-order valence-electron chi connectivity index (χ0n) is 12.2. The fourth-order valence-electron chi connectivity index (χ4n) is 3.26. The van der Waals surface area contributed by atoms with Gasteiger partial charge in [-0.25, -0.2) is 0 Å². The van der Waals surface area contributed by atoms with Gasteiger partial charge in [-0.15, -0.1) is 0 Å². The second-order valence-electron chi connectivity index (χ2n) is 5.96. The minimum atomic E-state index is -3.36. The number of piperidine rings is 1. The Labute approximate surface area is 126 Å². The van der Waals surface area contributed by atoms with Gasteiger partial charge in [-0.2, -0.15) is 17.0 Å². The summed E-state index contributed by atoms with van der Waals surface area (Å²) in [5.74, 6) is 0.297. The van der Waals surface area contributed by atoms with Crippen molar-refractivity contribution >= 4 is 10.2 Å². The molecule has 21 heavy (non-hydrogen) atoms. The second-order valence-corrected chi connectivity index (χ2v) is 7.89. The first-order chi connectivity index (χ1) is 10.1. The van der Waals surface area contributed by atoms with Crippen LogP contribution in [0.2, 0.25) is 0 Å². The number of rotatable bonds is 3. The summed E-state index contributed by atoms with van der Waals surface area (Å²) in [6.45, 7) is 2.81. The maximum absolute atomic E-state index is 12.8. The summed E-state index contributed by atoms with van der Waals surface area (Å²) in [4.78, 5) is 0. The van der Waals surface area contributed by atoms with E-state index in [1.54, 1.807) is 8.61 Å². The van der Waals surface area contributed by atoms with E-state index in [9.17, 15) is 8.42 Å². The van der Waals surface area contributed by atoms with Crippen LogP contribution in [0.3, 0.4) is 0 Å². The lowest BCUT2D eigenvalue weighted by molar-refractivity contribution is 0.246. The van der Waals surface area contributed by atoms with Gasteiger partial charge in [0.05, 0.1) is 0 Å². The SMILES string of the molecule is NCC1CCCN(S(=O)(=O)N2CCc3ccccc3C2)C1. The first-order valence-corrected chi connectivity index (χ1v) is 9.03. The van der Waals surface area contributed by atoms with Crippen LogP contribution in [0.4, 0.5) is 0 Å². The topological polar surface area (TPSA) is 66.6 Å². The maximum Gasteiger partial charge on any atom is 0.282 e. The third-order valence-corrected chi connectivity index (χ3v) is 6.51. The molecule has 0 radical (unpaired) electrons. The molecule has 0 amide bonds. The Morgan fingerprint density at radius 3 is 2.67 bits per heavy atom. The number of benzene rings is 1. The maximum atomic E-state index is 12.8. The number of hydrogen-bond donors (Lipinski definition) is 1. The van der Waals surface area contributed by atoms with Crippen LogP contribution in [-0.2, 0) is 23.2 Å². The van der Waals surface area contributed by atoms with E-state index >= 15 is 0 Å². The molecule has 1 aromatic carbocycles. The quantitative estimate of drug-likeness (QED) is 0.904. The molecule has 0 aliphatic carbocycles.